The Morgan fingerprint density at radius 2 is 1.97 bits per heavy atom. The molecule has 8 nitrogen and oxygen atoms in total. The molecule has 1 aromatic heterocycles. The van der Waals surface area contributed by atoms with E-state index in [4.69, 9.17) is 10.5 Å². The third-order valence-electron chi connectivity index (χ3n) is 4.96. The molecule has 0 aliphatic carbocycles. The Bertz CT molecular complexity index is 1050. The Morgan fingerprint density at radius 1 is 1.27 bits per heavy atom. The highest BCUT2D eigenvalue weighted by atomic mass is 32.2. The number of anilines is 1. The van der Waals surface area contributed by atoms with Crippen molar-refractivity contribution in [1.29, 1.82) is 0 Å². The van der Waals surface area contributed by atoms with Gasteiger partial charge in [-0.2, -0.15) is 0 Å². The lowest BCUT2D eigenvalue weighted by Gasteiger charge is -2.26. The van der Waals surface area contributed by atoms with Crippen molar-refractivity contribution in [2.45, 2.75) is 31.6 Å². The number of carbonyl (C=O) groups excluding carboxylic acids is 2. The Kier molecular flexibility index (Phi) is 6.40. The average Bonchev–Trinajstić information content (AvgIpc) is 3.17. The molecule has 0 spiro atoms. The van der Waals surface area contributed by atoms with Crippen LogP contribution in [0.3, 0.4) is 0 Å². The largest absolute Gasteiger partial charge is 0.461 e. The Hall–Kier alpha value is -2.94. The number of rotatable bonds is 6. The normalized spacial score (nSPS) is 16.5. The van der Waals surface area contributed by atoms with E-state index in [1.165, 1.54) is 18.5 Å². The van der Waals surface area contributed by atoms with Crippen molar-refractivity contribution in [3.63, 3.8) is 0 Å². The number of nitrogens with zero attached hydrogens (tertiary/aromatic N) is 2. The number of carbonyl (C=O) groups is 2. The minimum Gasteiger partial charge on any atom is -0.461 e. The summed E-state index contributed by atoms with van der Waals surface area (Å²) in [4.78, 5) is 30.9. The number of benzene rings is 1. The quantitative estimate of drug-likeness (QED) is 0.697. The first-order valence-electron chi connectivity index (χ1n) is 9.69. The summed E-state index contributed by atoms with van der Waals surface area (Å²) in [5, 5.41) is 0. The second-order valence-corrected chi connectivity index (χ2v) is 9.49. The number of likely N-dealkylation sites (tertiary alicyclic amines) is 1. The number of amides is 1. The predicted molar refractivity (Wildman–Crippen MR) is 113 cm³/mol. The maximum absolute atomic E-state index is 13.2. The molecule has 1 aromatic carbocycles. The summed E-state index contributed by atoms with van der Waals surface area (Å²) in [6.07, 6.45) is 4.11. The highest BCUT2D eigenvalue weighted by Gasteiger charge is 2.32. The van der Waals surface area contributed by atoms with Gasteiger partial charge in [-0.15, -0.1) is 0 Å². The van der Waals surface area contributed by atoms with Gasteiger partial charge in [0, 0.05) is 12.8 Å². The van der Waals surface area contributed by atoms with Crippen LogP contribution in [0.1, 0.15) is 57.8 Å². The Labute approximate surface area is 176 Å². The van der Waals surface area contributed by atoms with Gasteiger partial charge >= 0.3 is 5.97 Å². The molecule has 2 heterocycles. The summed E-state index contributed by atoms with van der Waals surface area (Å²) >= 11 is 0. The zero-order valence-electron chi connectivity index (χ0n) is 17.0. The topological polar surface area (TPSA) is 120 Å². The fourth-order valence-corrected chi connectivity index (χ4v) is 4.42. The number of nitrogens with two attached hydrogens (primary N) is 1. The molecule has 1 saturated heterocycles. The van der Waals surface area contributed by atoms with Gasteiger partial charge in [0.25, 0.3) is 5.91 Å². The maximum atomic E-state index is 13.2. The summed E-state index contributed by atoms with van der Waals surface area (Å²) in [6.45, 7) is 2.46. The third kappa shape index (κ3) is 4.96. The predicted octanol–water partition coefficient (Wildman–Crippen LogP) is 2.36. The van der Waals surface area contributed by atoms with Crippen molar-refractivity contribution in [1.82, 2.24) is 9.88 Å². The molecule has 2 N–H and O–H groups in total. The zero-order valence-corrected chi connectivity index (χ0v) is 17.8. The molecule has 1 amide bonds. The van der Waals surface area contributed by atoms with Gasteiger partial charge in [0.2, 0.25) is 0 Å². The number of hydrogen-bond acceptors (Lipinski definition) is 7. The number of aromatic nitrogens is 1. The lowest BCUT2D eigenvalue weighted by Crippen LogP contribution is -2.31. The molecule has 9 heteroatoms. The monoisotopic (exact) mass is 431 g/mol. The molecule has 0 saturated carbocycles. The second kappa shape index (κ2) is 8.83. The fraction of sp³-hybridized carbons (Fsp3) is 0.381. The molecule has 1 aliphatic rings. The van der Waals surface area contributed by atoms with Crippen molar-refractivity contribution < 1.29 is 22.7 Å². The average molecular weight is 432 g/mol. The molecule has 1 aliphatic heterocycles. The summed E-state index contributed by atoms with van der Waals surface area (Å²) in [5.41, 5.74) is 8.06. The minimum atomic E-state index is -3.11. The first kappa shape index (κ1) is 21.8. The van der Waals surface area contributed by atoms with Crippen molar-refractivity contribution in [2.75, 3.05) is 25.1 Å². The lowest BCUT2D eigenvalue weighted by molar-refractivity contribution is 0.0519. The van der Waals surface area contributed by atoms with Gasteiger partial charge in [0.1, 0.15) is 5.69 Å². The van der Waals surface area contributed by atoms with Gasteiger partial charge < -0.3 is 15.4 Å². The van der Waals surface area contributed by atoms with Gasteiger partial charge in [-0.3, -0.25) is 4.79 Å². The van der Waals surface area contributed by atoms with Crippen LogP contribution in [0.15, 0.2) is 36.5 Å². The van der Waals surface area contributed by atoms with Crippen molar-refractivity contribution in [3.05, 3.63) is 58.9 Å². The molecule has 3 rings (SSSR count). The van der Waals surface area contributed by atoms with Gasteiger partial charge in [-0.1, -0.05) is 24.3 Å². The highest BCUT2D eigenvalue weighted by molar-refractivity contribution is 7.89. The third-order valence-corrected chi connectivity index (χ3v) is 5.81. The van der Waals surface area contributed by atoms with E-state index in [1.807, 2.05) is 12.1 Å². The molecule has 30 heavy (non-hydrogen) atoms. The van der Waals surface area contributed by atoms with Crippen LogP contribution in [0.4, 0.5) is 5.69 Å². The first-order chi connectivity index (χ1) is 14.2. The van der Waals surface area contributed by atoms with E-state index in [0.717, 1.165) is 18.4 Å². The molecule has 160 valence electrons. The van der Waals surface area contributed by atoms with Gasteiger partial charge in [0.05, 0.1) is 35.8 Å². The molecule has 2 aromatic rings. The maximum Gasteiger partial charge on any atom is 0.356 e. The van der Waals surface area contributed by atoms with Gasteiger partial charge in [0.15, 0.2) is 9.84 Å². The summed E-state index contributed by atoms with van der Waals surface area (Å²) in [7, 11) is -3.11. The second-order valence-electron chi connectivity index (χ2n) is 7.35. The Balaban J connectivity index is 1.84. The van der Waals surface area contributed by atoms with E-state index >= 15 is 0 Å². The molecule has 1 fully saturated rings. The standard InChI is InChI=1S/C21H25N3O5S/c1-3-29-21(26)18-11-16(17(22)12-23-18)20(25)24-10-4-5-19(24)15-8-6-14(7-9-15)13-30(2,27)28/h6-9,11-12,19H,3-5,10,13,22H2,1-2H3/t19-/m1/s1. The van der Waals surface area contributed by atoms with Crippen molar-refractivity contribution in [3.8, 4) is 0 Å². The van der Waals surface area contributed by atoms with Gasteiger partial charge in [-0.05, 0) is 37.0 Å². The minimum absolute atomic E-state index is 0.0230. The van der Waals surface area contributed by atoms with Gasteiger partial charge in [-0.25, -0.2) is 18.2 Å². The van der Waals surface area contributed by atoms with E-state index in [-0.39, 0.29) is 41.3 Å². The number of hydrogen-bond donors (Lipinski definition) is 1. The van der Waals surface area contributed by atoms with E-state index < -0.39 is 15.8 Å². The smallest absolute Gasteiger partial charge is 0.356 e. The molecule has 0 radical (unpaired) electrons. The molecular formula is C21H25N3O5S. The number of nitrogen functional groups attached to an aromatic ring is 1. The summed E-state index contributed by atoms with van der Waals surface area (Å²) in [6, 6.07) is 8.49. The van der Waals surface area contributed by atoms with Crippen LogP contribution in [0, 0.1) is 0 Å². The van der Waals surface area contributed by atoms with Crippen molar-refractivity contribution in [2.24, 2.45) is 0 Å². The van der Waals surface area contributed by atoms with Crippen LogP contribution in [0.2, 0.25) is 0 Å². The van der Waals surface area contributed by atoms with Crippen LogP contribution in [-0.2, 0) is 20.3 Å². The molecule has 0 bridgehead atoms. The van der Waals surface area contributed by atoms with E-state index in [1.54, 1.807) is 24.0 Å². The van der Waals surface area contributed by atoms with Crippen molar-refractivity contribution >= 4 is 27.4 Å². The number of sulfone groups is 1. The lowest BCUT2D eigenvalue weighted by atomic mass is 10.0. The molecule has 0 unspecified atom stereocenters. The van der Waals surface area contributed by atoms with Crippen LogP contribution in [0.5, 0.6) is 0 Å². The number of pyridine rings is 1. The zero-order chi connectivity index (χ0) is 21.9. The van der Waals surface area contributed by atoms with Crippen LogP contribution in [0.25, 0.3) is 0 Å². The van der Waals surface area contributed by atoms with E-state index in [0.29, 0.717) is 12.1 Å². The van der Waals surface area contributed by atoms with E-state index in [2.05, 4.69) is 4.98 Å². The van der Waals surface area contributed by atoms with Crippen LogP contribution < -0.4 is 5.73 Å². The molecule has 1 atom stereocenters. The first-order valence-corrected chi connectivity index (χ1v) is 11.8. The number of esters is 1. The van der Waals surface area contributed by atoms with Crippen LogP contribution >= 0.6 is 0 Å². The summed E-state index contributed by atoms with van der Waals surface area (Å²) < 4.78 is 27.9. The Morgan fingerprint density at radius 3 is 2.60 bits per heavy atom. The summed E-state index contributed by atoms with van der Waals surface area (Å²) in [5.74, 6) is -0.903. The SMILES string of the molecule is CCOC(=O)c1cc(C(=O)N2CCC[C@@H]2c2ccc(CS(C)(=O)=O)cc2)c(N)cn1. The number of ether oxygens (including phenoxy) is 1. The van der Waals surface area contributed by atoms with E-state index in [9.17, 15) is 18.0 Å². The van der Waals surface area contributed by atoms with Crippen LogP contribution in [-0.4, -0.2) is 49.6 Å². The molecular weight excluding hydrogens is 406 g/mol. The highest BCUT2D eigenvalue weighted by Crippen LogP contribution is 2.34. The fourth-order valence-electron chi connectivity index (χ4n) is 3.62.